The van der Waals surface area contributed by atoms with E-state index >= 15 is 0 Å². The molecule has 1 saturated heterocycles. The van der Waals surface area contributed by atoms with Crippen molar-refractivity contribution in [3.8, 4) is 0 Å². The summed E-state index contributed by atoms with van der Waals surface area (Å²) in [5, 5.41) is 28.5. The Morgan fingerprint density at radius 2 is 2.21 bits per heavy atom. The minimum Gasteiger partial charge on any atom is -0.465 e. The van der Waals surface area contributed by atoms with Crippen LogP contribution < -0.4 is 0 Å². The summed E-state index contributed by atoms with van der Waals surface area (Å²) in [5.41, 5.74) is 0.565. The van der Waals surface area contributed by atoms with Crippen molar-refractivity contribution in [1.29, 1.82) is 0 Å². The molecule has 1 aromatic heterocycles. The predicted octanol–water partition coefficient (Wildman–Crippen LogP) is -0.978. The maximum atomic E-state index is 11.4. The first-order valence-corrected chi connectivity index (χ1v) is 5.75. The van der Waals surface area contributed by atoms with Crippen molar-refractivity contribution in [3.63, 3.8) is 0 Å². The highest BCUT2D eigenvalue weighted by atomic mass is 16.6. The van der Waals surface area contributed by atoms with E-state index in [1.54, 1.807) is 0 Å². The molecule has 1 aliphatic heterocycles. The Kier molecular flexibility index (Phi) is 4.11. The van der Waals surface area contributed by atoms with E-state index in [1.165, 1.54) is 25.4 Å². The minimum atomic E-state index is -1.21. The van der Waals surface area contributed by atoms with Crippen molar-refractivity contribution in [2.45, 2.75) is 24.4 Å². The van der Waals surface area contributed by atoms with Gasteiger partial charge in [-0.3, -0.25) is 4.98 Å². The number of methoxy groups -OCH3 is 1. The van der Waals surface area contributed by atoms with Gasteiger partial charge in [0.25, 0.3) is 0 Å². The molecule has 1 aliphatic rings. The van der Waals surface area contributed by atoms with Crippen LogP contribution in [-0.4, -0.2) is 58.3 Å². The molecular formula is C12H15NO6. The molecule has 3 N–H and O–H groups in total. The zero-order valence-corrected chi connectivity index (χ0v) is 10.3. The van der Waals surface area contributed by atoms with E-state index in [9.17, 15) is 15.0 Å². The van der Waals surface area contributed by atoms with Gasteiger partial charge >= 0.3 is 5.97 Å². The zero-order valence-electron chi connectivity index (χ0n) is 10.3. The highest BCUT2D eigenvalue weighted by Gasteiger charge is 2.43. The third-order valence-electron chi connectivity index (χ3n) is 3.04. The quantitative estimate of drug-likeness (QED) is 0.605. The fourth-order valence-electron chi connectivity index (χ4n) is 1.99. The molecule has 2 heterocycles. The van der Waals surface area contributed by atoms with Crippen molar-refractivity contribution in [2.24, 2.45) is 0 Å². The second-order valence-corrected chi connectivity index (χ2v) is 4.22. The fraction of sp³-hybridized carbons (Fsp3) is 0.500. The Morgan fingerprint density at radius 3 is 2.79 bits per heavy atom. The topological polar surface area (TPSA) is 109 Å². The van der Waals surface area contributed by atoms with Gasteiger partial charge in [-0.2, -0.15) is 0 Å². The molecule has 7 nitrogen and oxygen atoms in total. The molecule has 0 spiro atoms. The van der Waals surface area contributed by atoms with Gasteiger partial charge in [0.1, 0.15) is 24.4 Å². The average molecular weight is 269 g/mol. The highest BCUT2D eigenvalue weighted by Crippen LogP contribution is 2.32. The summed E-state index contributed by atoms with van der Waals surface area (Å²) in [6.45, 7) is -0.411. The van der Waals surface area contributed by atoms with Crippen molar-refractivity contribution >= 4 is 5.97 Å². The van der Waals surface area contributed by atoms with E-state index in [4.69, 9.17) is 9.84 Å². The molecule has 0 amide bonds. The summed E-state index contributed by atoms with van der Waals surface area (Å²) in [7, 11) is 1.26. The first kappa shape index (κ1) is 13.9. The van der Waals surface area contributed by atoms with Crippen LogP contribution in [0.2, 0.25) is 0 Å². The normalized spacial score (nSPS) is 30.3. The van der Waals surface area contributed by atoms with E-state index in [1.807, 2.05) is 0 Å². The summed E-state index contributed by atoms with van der Waals surface area (Å²) in [6.07, 6.45) is -2.78. The number of carbonyl (C=O) groups excluding carboxylic acids is 1. The van der Waals surface area contributed by atoms with Gasteiger partial charge in [0, 0.05) is 6.20 Å². The van der Waals surface area contributed by atoms with Gasteiger partial charge in [-0.25, -0.2) is 4.79 Å². The Balaban J connectivity index is 2.25. The molecule has 0 radical (unpaired) electrons. The van der Waals surface area contributed by atoms with Gasteiger partial charge in [-0.15, -0.1) is 0 Å². The lowest BCUT2D eigenvalue weighted by atomic mass is 10.0. The van der Waals surface area contributed by atoms with Crippen molar-refractivity contribution < 1.29 is 29.6 Å². The Morgan fingerprint density at radius 1 is 1.47 bits per heavy atom. The number of hydrogen-bond donors (Lipinski definition) is 3. The monoisotopic (exact) mass is 269 g/mol. The molecule has 0 unspecified atom stereocenters. The van der Waals surface area contributed by atoms with Gasteiger partial charge in [0.2, 0.25) is 0 Å². The minimum absolute atomic E-state index is 0.269. The Bertz CT molecular complexity index is 465. The molecule has 7 heteroatoms. The number of aliphatic hydroxyl groups is 3. The number of carbonyl (C=O) groups is 1. The van der Waals surface area contributed by atoms with Crippen LogP contribution in [0.1, 0.15) is 22.2 Å². The molecule has 0 aliphatic carbocycles. The zero-order chi connectivity index (χ0) is 14.0. The van der Waals surface area contributed by atoms with Crippen molar-refractivity contribution in [1.82, 2.24) is 4.98 Å². The molecule has 104 valence electrons. The summed E-state index contributed by atoms with van der Waals surface area (Å²) in [5.74, 6) is -0.532. The summed E-state index contributed by atoms with van der Waals surface area (Å²) in [4.78, 5) is 15.4. The molecule has 0 aromatic carbocycles. The lowest BCUT2D eigenvalue weighted by molar-refractivity contribution is -0.0239. The van der Waals surface area contributed by atoms with Gasteiger partial charge in [0.05, 0.1) is 25.0 Å². The van der Waals surface area contributed by atoms with Crippen LogP contribution in [0, 0.1) is 0 Å². The fourth-order valence-corrected chi connectivity index (χ4v) is 1.99. The molecule has 1 aromatic rings. The van der Waals surface area contributed by atoms with E-state index in [2.05, 4.69) is 9.72 Å². The van der Waals surface area contributed by atoms with E-state index < -0.39 is 37.0 Å². The second-order valence-electron chi connectivity index (χ2n) is 4.22. The largest absolute Gasteiger partial charge is 0.465 e. The van der Waals surface area contributed by atoms with Crippen LogP contribution in [0.5, 0.6) is 0 Å². The number of aliphatic hydroxyl groups excluding tert-OH is 3. The highest BCUT2D eigenvalue weighted by molar-refractivity contribution is 5.89. The van der Waals surface area contributed by atoms with Crippen LogP contribution in [0.3, 0.4) is 0 Å². The van der Waals surface area contributed by atoms with Crippen LogP contribution in [0.25, 0.3) is 0 Å². The van der Waals surface area contributed by atoms with Crippen LogP contribution in [-0.2, 0) is 9.47 Å². The Hall–Kier alpha value is -1.54. The van der Waals surface area contributed by atoms with E-state index in [-0.39, 0.29) is 5.56 Å². The van der Waals surface area contributed by atoms with Crippen LogP contribution >= 0.6 is 0 Å². The third-order valence-corrected chi connectivity index (χ3v) is 3.04. The third kappa shape index (κ3) is 2.59. The van der Waals surface area contributed by atoms with Crippen LogP contribution in [0.4, 0.5) is 0 Å². The number of aromatic nitrogens is 1. The lowest BCUT2D eigenvalue weighted by Gasteiger charge is -2.14. The number of hydrogen-bond acceptors (Lipinski definition) is 7. The van der Waals surface area contributed by atoms with Crippen LogP contribution in [0.15, 0.2) is 18.3 Å². The molecule has 0 saturated carbocycles. The molecule has 4 atom stereocenters. The first-order chi connectivity index (χ1) is 9.08. The van der Waals surface area contributed by atoms with Gasteiger partial charge in [-0.1, -0.05) is 0 Å². The lowest BCUT2D eigenvalue weighted by Crippen LogP contribution is -2.32. The smallest absolute Gasteiger partial charge is 0.337 e. The first-order valence-electron chi connectivity index (χ1n) is 5.75. The average Bonchev–Trinajstić information content (AvgIpc) is 2.74. The molecule has 0 bridgehead atoms. The predicted molar refractivity (Wildman–Crippen MR) is 62.3 cm³/mol. The van der Waals surface area contributed by atoms with Crippen molar-refractivity contribution in [2.75, 3.05) is 13.7 Å². The number of esters is 1. The van der Waals surface area contributed by atoms with E-state index in [0.717, 1.165) is 0 Å². The molecule has 2 rings (SSSR count). The Labute approximate surface area is 109 Å². The number of rotatable bonds is 3. The maximum Gasteiger partial charge on any atom is 0.337 e. The van der Waals surface area contributed by atoms with Gasteiger partial charge in [-0.05, 0) is 12.1 Å². The number of ether oxygens (including phenoxy) is 2. The summed E-state index contributed by atoms with van der Waals surface area (Å²) >= 11 is 0. The number of pyridine rings is 1. The molecular weight excluding hydrogens is 254 g/mol. The summed E-state index contributed by atoms with van der Waals surface area (Å²) < 4.78 is 9.91. The molecule has 19 heavy (non-hydrogen) atoms. The SMILES string of the molecule is COC(=O)c1ccnc([C@H]2O[C@H](CO)[C@@H](O)[C@H]2O)c1. The standard InChI is InChI=1S/C12H15NO6/c1-18-12(17)6-2-3-13-7(4-6)11-10(16)9(15)8(5-14)19-11/h2-4,8-11,14-16H,5H2,1H3/t8-,9-,10-,11-/m1/s1. The second kappa shape index (κ2) is 5.62. The molecule has 1 fully saturated rings. The summed E-state index contributed by atoms with van der Waals surface area (Å²) in [6, 6.07) is 2.89. The number of nitrogens with zero attached hydrogens (tertiary/aromatic N) is 1. The maximum absolute atomic E-state index is 11.4. The van der Waals surface area contributed by atoms with Gasteiger partial charge < -0.3 is 24.8 Å². The van der Waals surface area contributed by atoms with Crippen molar-refractivity contribution in [3.05, 3.63) is 29.6 Å². The van der Waals surface area contributed by atoms with Gasteiger partial charge in [0.15, 0.2) is 0 Å². The van der Waals surface area contributed by atoms with E-state index in [0.29, 0.717) is 5.69 Å².